The van der Waals surface area contributed by atoms with E-state index in [1.807, 2.05) is 60.7 Å². The molecule has 1 fully saturated rings. The van der Waals surface area contributed by atoms with Crippen LogP contribution in [-0.4, -0.2) is 67.0 Å². The molecule has 3 aromatic rings. The molecule has 3 aromatic carbocycles. The molecule has 0 spiro atoms. The lowest BCUT2D eigenvalue weighted by molar-refractivity contribution is -0.271. The van der Waals surface area contributed by atoms with Crippen molar-refractivity contribution in [3.05, 3.63) is 90.5 Å². The van der Waals surface area contributed by atoms with E-state index in [4.69, 9.17) is 23.7 Å². The maximum atomic E-state index is 13.8. The molecule has 1 aliphatic rings. The Balaban J connectivity index is 1.68. The summed E-state index contributed by atoms with van der Waals surface area (Å²) in [7, 11) is -1.03. The van der Waals surface area contributed by atoms with Crippen molar-refractivity contribution in [3.8, 4) is 0 Å². The Hall–Kier alpha value is -4.60. The molecule has 0 radical (unpaired) electrons. The van der Waals surface area contributed by atoms with Gasteiger partial charge in [0.25, 0.3) is 0 Å². The summed E-state index contributed by atoms with van der Waals surface area (Å²) in [6.45, 7) is 4.22. The van der Waals surface area contributed by atoms with E-state index in [1.165, 1.54) is 6.92 Å². The lowest BCUT2D eigenvalue weighted by atomic mass is 9.95. The van der Waals surface area contributed by atoms with Gasteiger partial charge < -0.3 is 29.0 Å². The molecule has 12 heteroatoms. The number of carbonyl (C=O) groups is 5. The van der Waals surface area contributed by atoms with Crippen molar-refractivity contribution >= 4 is 53.6 Å². The zero-order chi connectivity index (χ0) is 33.2. The van der Waals surface area contributed by atoms with Gasteiger partial charge >= 0.3 is 23.9 Å². The first kappa shape index (κ1) is 34.3. The van der Waals surface area contributed by atoms with Crippen LogP contribution in [0.2, 0.25) is 0 Å². The van der Waals surface area contributed by atoms with Crippen LogP contribution in [0.15, 0.2) is 84.9 Å². The summed E-state index contributed by atoms with van der Waals surface area (Å²) < 4.78 is 27.4. The van der Waals surface area contributed by atoms with Crippen LogP contribution in [-0.2, 0) is 54.1 Å². The van der Waals surface area contributed by atoms with Gasteiger partial charge in [-0.2, -0.15) is 0 Å². The number of hydrogen-bond acceptors (Lipinski definition) is 10. The molecule has 1 aliphatic heterocycles. The van der Waals surface area contributed by atoms with Gasteiger partial charge in [-0.25, -0.2) is 0 Å². The van der Waals surface area contributed by atoms with Crippen molar-refractivity contribution in [1.82, 2.24) is 5.32 Å². The molecule has 46 heavy (non-hydrogen) atoms. The molecule has 4 rings (SSSR count). The predicted octanol–water partition coefficient (Wildman–Crippen LogP) is 2.19. The lowest BCUT2D eigenvalue weighted by Crippen LogP contribution is -2.67. The van der Waals surface area contributed by atoms with Crippen molar-refractivity contribution in [2.75, 3.05) is 6.61 Å². The first-order chi connectivity index (χ1) is 22.0. The van der Waals surface area contributed by atoms with Gasteiger partial charge in [-0.05, 0) is 29.4 Å². The molecule has 1 heterocycles. The average Bonchev–Trinajstić information content (AvgIpc) is 3.00. The fraction of sp³-hybridized carbons (Fsp3) is 0.324. The molecule has 1 saturated heterocycles. The van der Waals surface area contributed by atoms with E-state index < -0.39 is 75.0 Å². The number of esters is 4. The van der Waals surface area contributed by atoms with Crippen LogP contribution in [0.25, 0.3) is 0 Å². The van der Waals surface area contributed by atoms with Gasteiger partial charge in [0, 0.05) is 27.7 Å². The van der Waals surface area contributed by atoms with Crippen molar-refractivity contribution < 1.29 is 47.7 Å². The van der Waals surface area contributed by atoms with Crippen molar-refractivity contribution in [3.63, 3.8) is 0 Å². The highest BCUT2D eigenvalue weighted by Crippen LogP contribution is 2.34. The van der Waals surface area contributed by atoms with Crippen molar-refractivity contribution in [1.29, 1.82) is 0 Å². The highest BCUT2D eigenvalue weighted by molar-refractivity contribution is 7.79. The van der Waals surface area contributed by atoms with Crippen LogP contribution in [0.4, 0.5) is 0 Å². The number of carbonyl (C=O) groups excluding carboxylic acids is 5. The van der Waals surface area contributed by atoms with Gasteiger partial charge in [0.15, 0.2) is 12.2 Å². The fourth-order valence-corrected chi connectivity index (χ4v) is 7.66. The standard InChI is InChI=1S/C34H36NO10P/c1-21(36)41-20-28-32(42-22(2)37)33(43-23(3)38)31(34(45-28)44-24(4)39)35-30(40)19-25-13-11-12-18-29(25)46(26-14-7-5-8-15-26)27-16-9-6-10-17-27/h5-18,28,31-34H,19-20H2,1-4H3,(H,35,40)/t28-,31-,32-,33-,34-/m1/s1. The van der Waals surface area contributed by atoms with Crippen LogP contribution < -0.4 is 21.2 Å². The first-order valence-corrected chi connectivity index (χ1v) is 16.0. The van der Waals surface area contributed by atoms with Gasteiger partial charge in [0.2, 0.25) is 12.2 Å². The zero-order valence-electron chi connectivity index (χ0n) is 25.9. The Bertz CT molecular complexity index is 1490. The van der Waals surface area contributed by atoms with Crippen LogP contribution >= 0.6 is 7.92 Å². The second-order valence-electron chi connectivity index (χ2n) is 10.5. The SMILES string of the molecule is CC(=O)OC[C@H]1O[C@@H](OC(C)=O)[C@H](NC(=O)Cc2ccccc2P(c2ccccc2)c2ccccc2)[C@@H](OC(C)=O)[C@@H]1OC(C)=O. The molecular formula is C34H36NO10P. The van der Waals surface area contributed by atoms with E-state index in [0.717, 1.165) is 42.2 Å². The predicted molar refractivity (Wildman–Crippen MR) is 169 cm³/mol. The number of ether oxygens (including phenoxy) is 5. The van der Waals surface area contributed by atoms with Crippen LogP contribution in [0.5, 0.6) is 0 Å². The number of benzene rings is 3. The number of rotatable bonds is 11. The summed E-state index contributed by atoms with van der Waals surface area (Å²) >= 11 is 0. The molecular weight excluding hydrogens is 613 g/mol. The Morgan fingerprint density at radius 2 is 1.20 bits per heavy atom. The summed E-state index contributed by atoms with van der Waals surface area (Å²) in [5, 5.41) is 5.98. The largest absolute Gasteiger partial charge is 0.463 e. The minimum Gasteiger partial charge on any atom is -0.463 e. The fourth-order valence-electron chi connectivity index (χ4n) is 5.19. The molecule has 0 bridgehead atoms. The van der Waals surface area contributed by atoms with Crippen LogP contribution in [0.3, 0.4) is 0 Å². The maximum absolute atomic E-state index is 13.8. The Morgan fingerprint density at radius 3 is 1.74 bits per heavy atom. The molecule has 5 atom stereocenters. The highest BCUT2D eigenvalue weighted by atomic mass is 31.1. The lowest BCUT2D eigenvalue weighted by Gasteiger charge is -2.44. The Kier molecular flexibility index (Phi) is 12.0. The average molecular weight is 650 g/mol. The monoisotopic (exact) mass is 649 g/mol. The summed E-state index contributed by atoms with van der Waals surface area (Å²) in [5.41, 5.74) is 0.757. The Morgan fingerprint density at radius 1 is 0.674 bits per heavy atom. The quantitative estimate of drug-likeness (QED) is 0.187. The minimum atomic E-state index is -1.47. The molecule has 1 amide bonds. The Labute approximate surface area is 268 Å². The third-order valence-electron chi connectivity index (χ3n) is 6.92. The second kappa shape index (κ2) is 16.1. The zero-order valence-corrected chi connectivity index (χ0v) is 26.8. The minimum absolute atomic E-state index is 0.0835. The van der Waals surface area contributed by atoms with Crippen LogP contribution in [0, 0.1) is 0 Å². The van der Waals surface area contributed by atoms with Crippen LogP contribution in [0.1, 0.15) is 33.3 Å². The summed E-state index contributed by atoms with van der Waals surface area (Å²) in [6, 6.07) is 26.4. The van der Waals surface area contributed by atoms with E-state index in [1.54, 1.807) is 0 Å². The smallest absolute Gasteiger partial charge is 0.305 e. The first-order valence-electron chi connectivity index (χ1n) is 14.6. The molecule has 242 valence electrons. The molecule has 1 N–H and O–H groups in total. The number of amides is 1. The molecule has 0 aliphatic carbocycles. The molecule has 0 saturated carbocycles. The molecule has 0 unspecified atom stereocenters. The van der Waals surface area contributed by atoms with Gasteiger partial charge in [-0.1, -0.05) is 84.9 Å². The van der Waals surface area contributed by atoms with E-state index in [9.17, 15) is 24.0 Å². The topological polar surface area (TPSA) is 144 Å². The second-order valence-corrected chi connectivity index (χ2v) is 12.7. The molecule has 0 aromatic heterocycles. The van der Waals surface area contributed by atoms with Gasteiger partial charge in [0.1, 0.15) is 18.8 Å². The highest BCUT2D eigenvalue weighted by Gasteiger charge is 2.52. The van der Waals surface area contributed by atoms with Crippen molar-refractivity contribution in [2.24, 2.45) is 0 Å². The summed E-state index contributed by atoms with van der Waals surface area (Å²) in [5.74, 6) is -3.37. The third-order valence-corrected chi connectivity index (χ3v) is 9.47. The maximum Gasteiger partial charge on any atom is 0.305 e. The van der Waals surface area contributed by atoms with Gasteiger partial charge in [0.05, 0.1) is 6.42 Å². The van der Waals surface area contributed by atoms with E-state index in [0.29, 0.717) is 0 Å². The van der Waals surface area contributed by atoms with Crippen molar-refractivity contribution in [2.45, 2.75) is 64.8 Å². The third kappa shape index (κ3) is 9.22. The normalized spacial score (nSPS) is 20.7. The summed E-state index contributed by atoms with van der Waals surface area (Å²) in [4.78, 5) is 61.8. The number of nitrogens with one attached hydrogen (secondary N) is 1. The van der Waals surface area contributed by atoms with E-state index >= 15 is 0 Å². The van der Waals surface area contributed by atoms with Gasteiger partial charge in [-0.15, -0.1) is 0 Å². The van der Waals surface area contributed by atoms with Gasteiger partial charge in [-0.3, -0.25) is 24.0 Å². The van der Waals surface area contributed by atoms with E-state index in [-0.39, 0.29) is 6.42 Å². The number of hydrogen-bond donors (Lipinski definition) is 1. The van der Waals surface area contributed by atoms with E-state index in [2.05, 4.69) is 29.6 Å². The molecule has 11 nitrogen and oxygen atoms in total. The summed E-state index contributed by atoms with van der Waals surface area (Å²) in [6.07, 6.45) is -5.41.